The molecule has 2 saturated heterocycles. The summed E-state index contributed by atoms with van der Waals surface area (Å²) in [7, 11) is 0. The van der Waals surface area contributed by atoms with Crippen molar-refractivity contribution in [3.8, 4) is 11.1 Å². The Bertz CT molecular complexity index is 1060. The Kier molecular flexibility index (Phi) is 7.44. The molecule has 0 saturated carbocycles. The van der Waals surface area contributed by atoms with Gasteiger partial charge in [-0.25, -0.2) is 18.6 Å². The molecule has 11 heteroatoms. The van der Waals surface area contributed by atoms with Crippen LogP contribution in [0.3, 0.4) is 0 Å². The predicted octanol–water partition coefficient (Wildman–Crippen LogP) is 5.64. The third kappa shape index (κ3) is 6.39. The number of urea groups is 1. The van der Waals surface area contributed by atoms with E-state index in [4.69, 9.17) is 4.74 Å². The first-order valence-electron chi connectivity index (χ1n) is 11.5. The number of carbonyl (C=O) groups excluding carboxylic acids is 1. The van der Waals surface area contributed by atoms with E-state index >= 15 is 0 Å². The van der Waals surface area contributed by atoms with Gasteiger partial charge in [-0.15, -0.1) is 0 Å². The number of alkyl halides is 5. The van der Waals surface area contributed by atoms with Crippen molar-refractivity contribution >= 4 is 17.5 Å². The van der Waals surface area contributed by atoms with Crippen molar-refractivity contribution in [1.82, 2.24) is 9.88 Å². The number of nitrogens with zero attached hydrogens (tertiary/aromatic N) is 3. The molecule has 0 unspecified atom stereocenters. The maximum absolute atomic E-state index is 13.6. The Morgan fingerprint density at radius 2 is 1.91 bits per heavy atom. The minimum Gasteiger partial charge on any atom is -0.378 e. The molecule has 35 heavy (non-hydrogen) atoms. The van der Waals surface area contributed by atoms with Crippen LogP contribution in [0.1, 0.15) is 30.5 Å². The molecule has 0 radical (unpaired) electrons. The van der Waals surface area contributed by atoms with E-state index in [2.05, 4.69) is 10.3 Å². The molecule has 2 aliphatic rings. The van der Waals surface area contributed by atoms with E-state index in [-0.39, 0.29) is 18.8 Å². The number of ether oxygens (including phenoxy) is 1. The first-order valence-corrected chi connectivity index (χ1v) is 11.5. The molecule has 1 aromatic carbocycles. The number of amides is 2. The minimum absolute atomic E-state index is 0.0368. The lowest BCUT2D eigenvalue weighted by Gasteiger charge is -2.28. The van der Waals surface area contributed by atoms with E-state index in [9.17, 15) is 26.7 Å². The molecule has 2 aromatic rings. The monoisotopic (exact) mass is 498 g/mol. The van der Waals surface area contributed by atoms with Crippen LogP contribution in [0.15, 0.2) is 30.3 Å². The number of hydrogen-bond acceptors (Lipinski definition) is 4. The zero-order chi connectivity index (χ0) is 25.2. The van der Waals surface area contributed by atoms with E-state index in [1.807, 2.05) is 11.8 Å². The molecule has 0 aliphatic carbocycles. The van der Waals surface area contributed by atoms with Crippen molar-refractivity contribution in [3.05, 3.63) is 41.6 Å². The maximum Gasteiger partial charge on any atom is 0.389 e. The Labute approximate surface area is 200 Å². The normalized spacial score (nSPS) is 18.9. The number of halogens is 5. The molecule has 190 valence electrons. The number of likely N-dealkylation sites (tertiary alicyclic amines) is 1. The second-order valence-corrected chi connectivity index (χ2v) is 8.92. The van der Waals surface area contributed by atoms with Gasteiger partial charge in [0.05, 0.1) is 13.2 Å². The summed E-state index contributed by atoms with van der Waals surface area (Å²) < 4.78 is 70.6. The van der Waals surface area contributed by atoms with E-state index < -0.39 is 31.0 Å². The molecule has 1 aromatic heterocycles. The molecular weight excluding hydrogens is 471 g/mol. The van der Waals surface area contributed by atoms with Gasteiger partial charge in [0, 0.05) is 38.3 Å². The fourth-order valence-electron chi connectivity index (χ4n) is 4.48. The summed E-state index contributed by atoms with van der Waals surface area (Å²) in [4.78, 5) is 20.1. The minimum atomic E-state index is -4.26. The Morgan fingerprint density at radius 3 is 2.60 bits per heavy atom. The molecular formula is C24H27F5N4O2. The van der Waals surface area contributed by atoms with E-state index in [1.165, 1.54) is 11.0 Å². The summed E-state index contributed by atoms with van der Waals surface area (Å²) in [5, 5.41) is 2.74. The Balaban J connectivity index is 1.54. The van der Waals surface area contributed by atoms with Gasteiger partial charge in [0.25, 0.3) is 6.43 Å². The van der Waals surface area contributed by atoms with Crippen molar-refractivity contribution in [3.63, 3.8) is 0 Å². The topological polar surface area (TPSA) is 57.7 Å². The Hall–Kier alpha value is -2.95. The number of benzene rings is 1. The average molecular weight is 498 g/mol. The highest BCUT2D eigenvalue weighted by Crippen LogP contribution is 2.33. The first kappa shape index (κ1) is 25.2. The number of carbonyl (C=O) groups is 1. The SMILES string of the molecule is Cc1ccc(NC(=O)N2CC[C@@H](CC(F)(F)F)C2)cc1-c1cc(C(F)F)nc(N2CCOCC2)c1. The summed E-state index contributed by atoms with van der Waals surface area (Å²) in [6.07, 6.45) is -7.63. The zero-order valence-electron chi connectivity index (χ0n) is 19.2. The predicted molar refractivity (Wildman–Crippen MR) is 122 cm³/mol. The number of nitrogens with one attached hydrogen (secondary N) is 1. The van der Waals surface area contributed by atoms with Crippen LogP contribution in [-0.4, -0.2) is 61.5 Å². The number of rotatable bonds is 5. The maximum atomic E-state index is 13.6. The van der Waals surface area contributed by atoms with Crippen LogP contribution < -0.4 is 10.2 Å². The summed E-state index contributed by atoms with van der Waals surface area (Å²) >= 11 is 0. The average Bonchev–Trinajstić information content (AvgIpc) is 3.27. The standard InChI is InChI=1S/C24H27F5N4O2/c1-15-2-3-18(30-23(34)33-5-4-16(14-33)13-24(27,28)29)12-19(15)17-10-20(22(25)26)31-21(11-17)32-6-8-35-9-7-32/h2-3,10-12,16,22H,4-9,13-14H2,1H3,(H,30,34)/t16-/m0/s1. The van der Waals surface area contributed by atoms with E-state index in [1.54, 1.807) is 24.3 Å². The molecule has 0 spiro atoms. The molecule has 2 fully saturated rings. The lowest BCUT2D eigenvalue weighted by molar-refractivity contribution is -0.143. The molecule has 6 nitrogen and oxygen atoms in total. The van der Waals surface area contributed by atoms with Crippen molar-refractivity contribution in [1.29, 1.82) is 0 Å². The number of pyridine rings is 1. The van der Waals surface area contributed by atoms with Crippen LogP contribution in [0, 0.1) is 12.8 Å². The van der Waals surface area contributed by atoms with Gasteiger partial charge in [-0.3, -0.25) is 0 Å². The number of morpholine rings is 1. The summed E-state index contributed by atoms with van der Waals surface area (Å²) in [6, 6.07) is 7.72. The van der Waals surface area contributed by atoms with Gasteiger partial charge in [0.1, 0.15) is 11.5 Å². The van der Waals surface area contributed by atoms with Crippen LogP contribution in [0.4, 0.5) is 38.3 Å². The third-order valence-electron chi connectivity index (χ3n) is 6.28. The fraction of sp³-hybridized carbons (Fsp3) is 0.500. The molecule has 0 bridgehead atoms. The van der Waals surface area contributed by atoms with E-state index in [0.717, 1.165) is 5.56 Å². The van der Waals surface area contributed by atoms with Gasteiger partial charge < -0.3 is 19.9 Å². The van der Waals surface area contributed by atoms with Crippen molar-refractivity contribution in [2.75, 3.05) is 49.6 Å². The van der Waals surface area contributed by atoms with Gasteiger partial charge in [-0.05, 0) is 60.2 Å². The quantitative estimate of drug-likeness (QED) is 0.543. The van der Waals surface area contributed by atoms with Gasteiger partial charge in [0.2, 0.25) is 0 Å². The lowest BCUT2D eigenvalue weighted by atomic mass is 9.99. The van der Waals surface area contributed by atoms with Crippen LogP contribution in [-0.2, 0) is 4.74 Å². The fourth-order valence-corrected chi connectivity index (χ4v) is 4.48. The smallest absolute Gasteiger partial charge is 0.378 e. The highest BCUT2D eigenvalue weighted by molar-refractivity contribution is 5.90. The van der Waals surface area contributed by atoms with Crippen molar-refractivity contribution in [2.24, 2.45) is 5.92 Å². The highest BCUT2D eigenvalue weighted by atomic mass is 19.4. The van der Waals surface area contributed by atoms with Crippen LogP contribution in [0.25, 0.3) is 11.1 Å². The molecule has 1 N–H and O–H groups in total. The second-order valence-electron chi connectivity index (χ2n) is 8.92. The van der Waals surface area contributed by atoms with Crippen LogP contribution in [0.5, 0.6) is 0 Å². The van der Waals surface area contributed by atoms with Gasteiger partial charge in [0.15, 0.2) is 0 Å². The van der Waals surface area contributed by atoms with Crippen LogP contribution >= 0.6 is 0 Å². The molecule has 2 amide bonds. The zero-order valence-corrected chi connectivity index (χ0v) is 19.2. The summed E-state index contributed by atoms with van der Waals surface area (Å²) in [5.41, 5.74) is 2.09. The van der Waals surface area contributed by atoms with Gasteiger partial charge in [-0.1, -0.05) is 6.07 Å². The first-order chi connectivity index (χ1) is 16.6. The second kappa shape index (κ2) is 10.3. The third-order valence-corrected chi connectivity index (χ3v) is 6.28. The van der Waals surface area contributed by atoms with Gasteiger partial charge >= 0.3 is 12.2 Å². The number of hydrogen-bond donors (Lipinski definition) is 1. The number of aromatic nitrogens is 1. The van der Waals surface area contributed by atoms with E-state index in [0.29, 0.717) is 55.4 Å². The molecule has 4 rings (SSSR count). The van der Waals surface area contributed by atoms with Crippen LogP contribution in [0.2, 0.25) is 0 Å². The number of anilines is 2. The largest absolute Gasteiger partial charge is 0.389 e. The van der Waals surface area contributed by atoms with Crippen molar-refractivity contribution < 1.29 is 31.5 Å². The van der Waals surface area contributed by atoms with Crippen molar-refractivity contribution in [2.45, 2.75) is 32.4 Å². The molecule has 1 atom stereocenters. The Morgan fingerprint density at radius 1 is 1.17 bits per heavy atom. The summed E-state index contributed by atoms with van der Waals surface area (Å²) in [6.45, 7) is 4.16. The van der Waals surface area contributed by atoms with Gasteiger partial charge in [-0.2, -0.15) is 13.2 Å². The lowest BCUT2D eigenvalue weighted by Crippen LogP contribution is -2.36. The highest BCUT2D eigenvalue weighted by Gasteiger charge is 2.36. The number of aryl methyl sites for hydroxylation is 1. The summed E-state index contributed by atoms with van der Waals surface area (Å²) in [5.74, 6) is -0.180. The molecule has 3 heterocycles. The molecule has 2 aliphatic heterocycles.